The van der Waals surface area contributed by atoms with Gasteiger partial charge in [-0.05, 0) is 12.1 Å². The lowest BCUT2D eigenvalue weighted by Crippen LogP contribution is -3.62. The number of benzene rings is 1. The summed E-state index contributed by atoms with van der Waals surface area (Å²) in [6.45, 7) is -0.489. The third kappa shape index (κ3) is 3.30. The van der Waals surface area contributed by atoms with Crippen molar-refractivity contribution >= 4 is 0 Å². The molecule has 9 heteroatoms. The molecule has 1 saturated heterocycles. The Morgan fingerprint density at radius 3 is 2.50 bits per heavy atom. The van der Waals surface area contributed by atoms with Crippen molar-refractivity contribution in [2.24, 2.45) is 0 Å². The predicted octanol–water partition coefficient (Wildman–Crippen LogP) is -4.72. The Labute approximate surface area is 146 Å². The van der Waals surface area contributed by atoms with Crippen LogP contribution in [0.1, 0.15) is 6.23 Å². The number of H-pyrrole nitrogens is 1. The van der Waals surface area contributed by atoms with Gasteiger partial charge in [0, 0.05) is 0 Å². The molecule has 1 aromatic heterocycles. The number of halogens is 1. The first-order chi connectivity index (χ1) is 11.5. The highest BCUT2D eigenvalue weighted by molar-refractivity contribution is 5.00. The molecular formula is C15H16IN2O6+. The van der Waals surface area contributed by atoms with Gasteiger partial charge in [-0.3, -0.25) is 14.3 Å². The molecule has 4 atom stereocenters. The van der Waals surface area contributed by atoms with Gasteiger partial charge in [0.25, 0.3) is 3.57 Å². The fourth-order valence-corrected chi connectivity index (χ4v) is 4.69. The van der Waals surface area contributed by atoms with E-state index in [-0.39, 0.29) is 0 Å². The van der Waals surface area contributed by atoms with Crippen LogP contribution in [-0.4, -0.2) is 49.8 Å². The van der Waals surface area contributed by atoms with Crippen molar-refractivity contribution in [1.29, 1.82) is 0 Å². The summed E-state index contributed by atoms with van der Waals surface area (Å²) < 4.78 is 7.83. The molecule has 0 radical (unpaired) electrons. The summed E-state index contributed by atoms with van der Waals surface area (Å²) >= 11 is -0.832. The minimum absolute atomic E-state index is 0.428. The zero-order chi connectivity index (χ0) is 17.3. The van der Waals surface area contributed by atoms with E-state index in [1.165, 1.54) is 6.20 Å². The van der Waals surface area contributed by atoms with Gasteiger partial charge < -0.3 is 20.1 Å². The van der Waals surface area contributed by atoms with Crippen LogP contribution in [0.3, 0.4) is 0 Å². The summed E-state index contributed by atoms with van der Waals surface area (Å²) in [4.78, 5) is 26.3. The summed E-state index contributed by atoms with van der Waals surface area (Å²) in [6, 6.07) is 9.40. The highest BCUT2D eigenvalue weighted by Crippen LogP contribution is 2.27. The molecular weight excluding hydrogens is 431 g/mol. The number of aromatic amines is 1. The third-order valence-electron chi connectivity index (χ3n) is 3.66. The predicted molar refractivity (Wildman–Crippen MR) is 78.2 cm³/mol. The number of aromatic nitrogens is 2. The van der Waals surface area contributed by atoms with Gasteiger partial charge in [0.15, 0.2) is 9.80 Å². The van der Waals surface area contributed by atoms with E-state index in [1.54, 1.807) is 0 Å². The molecule has 0 bridgehead atoms. The maximum atomic E-state index is 12.1. The zero-order valence-corrected chi connectivity index (χ0v) is 14.5. The molecule has 2 aromatic rings. The van der Waals surface area contributed by atoms with Gasteiger partial charge in [-0.25, -0.2) is 4.79 Å². The van der Waals surface area contributed by atoms with Gasteiger partial charge in [0.1, 0.15) is 18.3 Å². The number of ether oxygens (including phenoxy) is 1. The summed E-state index contributed by atoms with van der Waals surface area (Å²) in [7, 11) is 0. The topological polar surface area (TPSA) is 125 Å². The smallest absolute Gasteiger partial charge is 0.365 e. The second kappa shape index (κ2) is 7.15. The molecule has 0 saturated carbocycles. The maximum absolute atomic E-state index is 12.1. The van der Waals surface area contributed by atoms with Gasteiger partial charge >= 0.3 is 32.5 Å². The quantitative estimate of drug-likeness (QED) is 0.349. The van der Waals surface area contributed by atoms with Crippen molar-refractivity contribution in [3.63, 3.8) is 0 Å². The van der Waals surface area contributed by atoms with Gasteiger partial charge in [-0.15, -0.1) is 0 Å². The number of hydrogen-bond donors (Lipinski definition) is 4. The Balaban J connectivity index is 1.96. The van der Waals surface area contributed by atoms with Crippen LogP contribution in [0, 0.1) is 7.14 Å². The van der Waals surface area contributed by atoms with Crippen molar-refractivity contribution < 1.29 is 41.3 Å². The van der Waals surface area contributed by atoms with Crippen molar-refractivity contribution in [2.45, 2.75) is 24.5 Å². The normalized spacial score (nSPS) is 26.6. The van der Waals surface area contributed by atoms with E-state index in [4.69, 9.17) is 9.84 Å². The summed E-state index contributed by atoms with van der Waals surface area (Å²) in [6.07, 6.45) is -3.49. The van der Waals surface area contributed by atoms with E-state index in [0.717, 1.165) is 8.14 Å². The minimum Gasteiger partial charge on any atom is -0.394 e. The van der Waals surface area contributed by atoms with E-state index in [2.05, 4.69) is 4.98 Å². The molecule has 0 aliphatic carbocycles. The Morgan fingerprint density at radius 2 is 1.88 bits per heavy atom. The summed E-state index contributed by atoms with van der Waals surface area (Å²) in [5.41, 5.74) is -1.21. The Morgan fingerprint density at radius 1 is 1.17 bits per heavy atom. The Kier molecular flexibility index (Phi) is 5.15. The largest absolute Gasteiger partial charge is 0.394 e. The van der Waals surface area contributed by atoms with Crippen LogP contribution in [-0.2, 0) is 4.74 Å². The number of rotatable bonds is 4. The fourth-order valence-electron chi connectivity index (χ4n) is 2.42. The monoisotopic (exact) mass is 447 g/mol. The van der Waals surface area contributed by atoms with Gasteiger partial charge in [-0.2, -0.15) is 0 Å². The number of aliphatic hydroxyl groups is 3. The average Bonchev–Trinajstić information content (AvgIpc) is 2.86. The van der Waals surface area contributed by atoms with E-state index in [0.29, 0.717) is 3.57 Å². The molecule has 1 fully saturated rings. The molecule has 3 rings (SSSR count). The van der Waals surface area contributed by atoms with Crippen LogP contribution in [0.25, 0.3) is 0 Å². The standard InChI is InChI=1S/C15H15IN2O6/c19-7-10-11(20)12(21)14(24-10)18-6-9(13(22)17-15(18)23)16-8-4-2-1-3-5-8/h1-6,10-12,14,19-21H,7H2/p+1/t10-,11-,12-,14-/m1/s1. The molecule has 1 aromatic carbocycles. The zero-order valence-electron chi connectivity index (χ0n) is 12.4. The highest BCUT2D eigenvalue weighted by atomic mass is 127. The summed E-state index contributed by atoms with van der Waals surface area (Å²) in [5, 5.41) is 29.0. The Hall–Kier alpha value is -1.53. The van der Waals surface area contributed by atoms with E-state index >= 15 is 0 Å². The molecule has 1 aliphatic rings. The van der Waals surface area contributed by atoms with Crippen LogP contribution >= 0.6 is 0 Å². The van der Waals surface area contributed by atoms with Crippen molar-refractivity contribution in [2.75, 3.05) is 6.61 Å². The first kappa shape index (κ1) is 17.3. The first-order valence-corrected chi connectivity index (χ1v) is 9.35. The van der Waals surface area contributed by atoms with Crippen LogP contribution in [0.15, 0.2) is 46.1 Å². The molecule has 24 heavy (non-hydrogen) atoms. The van der Waals surface area contributed by atoms with Gasteiger partial charge in [0.05, 0.1) is 12.8 Å². The van der Waals surface area contributed by atoms with E-state index in [9.17, 15) is 19.8 Å². The number of nitrogens with zero attached hydrogens (tertiary/aromatic N) is 1. The lowest BCUT2D eigenvalue weighted by molar-refractivity contribution is -0.599. The molecule has 128 valence electrons. The molecule has 0 amide bonds. The fraction of sp³-hybridized carbons (Fsp3) is 0.333. The van der Waals surface area contributed by atoms with Crippen molar-refractivity contribution in [3.8, 4) is 0 Å². The number of aliphatic hydroxyl groups excluding tert-OH is 3. The second-order valence-corrected chi connectivity index (χ2v) is 8.21. The maximum Gasteiger partial charge on any atom is 0.365 e. The number of hydrogen-bond acceptors (Lipinski definition) is 6. The lowest BCUT2D eigenvalue weighted by Gasteiger charge is -2.16. The van der Waals surface area contributed by atoms with E-state index < -0.39 is 63.6 Å². The van der Waals surface area contributed by atoms with Crippen LogP contribution in [0.2, 0.25) is 0 Å². The minimum atomic E-state index is -1.38. The van der Waals surface area contributed by atoms with Crippen LogP contribution in [0.5, 0.6) is 0 Å². The van der Waals surface area contributed by atoms with Crippen molar-refractivity contribution in [3.05, 3.63) is 64.5 Å². The summed E-state index contributed by atoms with van der Waals surface area (Å²) in [5.74, 6) is 0. The number of nitrogens with one attached hydrogen (secondary N) is 1. The second-order valence-electron chi connectivity index (χ2n) is 5.26. The molecule has 2 heterocycles. The van der Waals surface area contributed by atoms with Crippen LogP contribution < -0.4 is 32.5 Å². The lowest BCUT2D eigenvalue weighted by atomic mass is 10.1. The van der Waals surface area contributed by atoms with E-state index in [1.807, 2.05) is 30.3 Å². The third-order valence-corrected chi connectivity index (χ3v) is 6.35. The molecule has 4 N–H and O–H groups in total. The van der Waals surface area contributed by atoms with Crippen LogP contribution in [0.4, 0.5) is 0 Å². The highest BCUT2D eigenvalue weighted by Gasteiger charge is 2.44. The van der Waals surface area contributed by atoms with Gasteiger partial charge in [0.2, 0.25) is 0 Å². The molecule has 0 spiro atoms. The average molecular weight is 447 g/mol. The molecule has 1 aliphatic heterocycles. The molecule has 0 unspecified atom stereocenters. The van der Waals surface area contributed by atoms with Crippen molar-refractivity contribution in [1.82, 2.24) is 9.55 Å². The molecule has 8 nitrogen and oxygen atoms in total. The van der Waals surface area contributed by atoms with Gasteiger partial charge in [-0.1, -0.05) is 18.2 Å². The first-order valence-electron chi connectivity index (χ1n) is 7.19. The SMILES string of the molecule is O=c1[nH]c(=O)n([C@@H]2O[C@H](CO)[C@@H](O)[C@H]2O)cc1[I+]c1ccccc1. The Bertz CT molecular complexity index is 821.